The molecule has 5 nitrogen and oxygen atoms in total. The number of nitrogens with one attached hydrogen (secondary N) is 1. The first-order valence-electron chi connectivity index (χ1n) is 8.65. The molecule has 1 aliphatic rings. The normalized spacial score (nSPS) is 20.9. The number of amides is 1. The van der Waals surface area contributed by atoms with E-state index in [1.165, 1.54) is 5.56 Å². The highest BCUT2D eigenvalue weighted by Gasteiger charge is 2.41. The summed E-state index contributed by atoms with van der Waals surface area (Å²) in [7, 11) is 0. The quantitative estimate of drug-likeness (QED) is 0.831. The number of aromatic nitrogens is 1. The number of hydrogen-bond acceptors (Lipinski definition) is 5. The molecule has 2 aromatic rings. The zero-order valence-electron chi connectivity index (χ0n) is 14.8. The molecule has 25 heavy (non-hydrogen) atoms. The van der Waals surface area contributed by atoms with E-state index in [1.807, 2.05) is 37.4 Å². The van der Waals surface area contributed by atoms with Crippen LogP contribution in [0.15, 0.2) is 29.6 Å². The van der Waals surface area contributed by atoms with Crippen LogP contribution in [0, 0.1) is 13.8 Å². The lowest BCUT2D eigenvalue weighted by atomic mass is 9.91. The molecule has 0 bridgehead atoms. The summed E-state index contributed by atoms with van der Waals surface area (Å²) in [6.45, 7) is 6.08. The van der Waals surface area contributed by atoms with Crippen LogP contribution in [0.4, 0.5) is 0 Å². The Morgan fingerprint density at radius 2 is 2.24 bits per heavy atom. The number of rotatable bonds is 6. The van der Waals surface area contributed by atoms with Crippen molar-refractivity contribution in [2.75, 3.05) is 13.1 Å². The van der Waals surface area contributed by atoms with Crippen molar-refractivity contribution in [2.24, 2.45) is 0 Å². The van der Waals surface area contributed by atoms with Gasteiger partial charge >= 0.3 is 0 Å². The van der Waals surface area contributed by atoms with Crippen LogP contribution in [0.5, 0.6) is 0 Å². The molecule has 134 valence electrons. The van der Waals surface area contributed by atoms with Gasteiger partial charge in [0.05, 0.1) is 10.7 Å². The van der Waals surface area contributed by atoms with Gasteiger partial charge in [-0.15, -0.1) is 11.3 Å². The highest BCUT2D eigenvalue weighted by atomic mass is 32.1. The zero-order chi connectivity index (χ0) is 17.9. The molecule has 0 spiro atoms. The van der Waals surface area contributed by atoms with Crippen LogP contribution >= 0.6 is 11.3 Å². The van der Waals surface area contributed by atoms with Crippen molar-refractivity contribution in [3.8, 4) is 0 Å². The summed E-state index contributed by atoms with van der Waals surface area (Å²) in [5.74, 6) is -0.179. The highest BCUT2D eigenvalue weighted by Crippen LogP contribution is 2.24. The maximum absolute atomic E-state index is 12.8. The summed E-state index contributed by atoms with van der Waals surface area (Å²) < 4.78 is 0. The van der Waals surface area contributed by atoms with E-state index in [-0.39, 0.29) is 12.5 Å². The lowest BCUT2D eigenvalue weighted by molar-refractivity contribution is -0.157. The van der Waals surface area contributed by atoms with Crippen molar-refractivity contribution < 1.29 is 9.90 Å². The summed E-state index contributed by atoms with van der Waals surface area (Å²) in [4.78, 5) is 19.0. The monoisotopic (exact) mass is 359 g/mol. The summed E-state index contributed by atoms with van der Waals surface area (Å²) >= 11 is 1.60. The molecule has 1 aliphatic heterocycles. The van der Waals surface area contributed by atoms with Gasteiger partial charge in [-0.1, -0.05) is 29.8 Å². The van der Waals surface area contributed by atoms with Gasteiger partial charge in [0.1, 0.15) is 0 Å². The first-order chi connectivity index (χ1) is 12.0. The van der Waals surface area contributed by atoms with Gasteiger partial charge in [-0.25, -0.2) is 4.98 Å². The summed E-state index contributed by atoms with van der Waals surface area (Å²) in [5.41, 5.74) is 1.90. The maximum Gasteiger partial charge on any atom is 0.256 e. The fourth-order valence-corrected chi connectivity index (χ4v) is 3.91. The molecule has 1 aromatic heterocycles. The first kappa shape index (κ1) is 18.0. The van der Waals surface area contributed by atoms with E-state index >= 15 is 0 Å². The molecule has 2 heterocycles. The van der Waals surface area contributed by atoms with Crippen molar-refractivity contribution in [2.45, 2.75) is 45.4 Å². The van der Waals surface area contributed by atoms with Gasteiger partial charge in [0.2, 0.25) is 0 Å². The third-order valence-corrected chi connectivity index (χ3v) is 5.37. The number of aliphatic hydroxyl groups is 1. The van der Waals surface area contributed by atoms with Crippen LogP contribution < -0.4 is 5.32 Å². The fourth-order valence-electron chi connectivity index (χ4n) is 3.30. The third-order valence-electron chi connectivity index (χ3n) is 4.55. The Morgan fingerprint density at radius 3 is 2.96 bits per heavy atom. The van der Waals surface area contributed by atoms with Crippen molar-refractivity contribution in [3.05, 3.63) is 51.5 Å². The molecule has 1 atom stereocenters. The second-order valence-electron chi connectivity index (χ2n) is 6.81. The third kappa shape index (κ3) is 4.45. The molecule has 1 saturated heterocycles. The molecule has 0 radical (unpaired) electrons. The standard InChI is InChI=1S/C19H25N3O2S/c1-14-5-3-6-16(9-14)11-22-8-4-7-19(24,18(22)23)13-20-10-17-12-25-15(2)21-17/h3,5-6,9,12,20,24H,4,7-8,10-11,13H2,1-2H3/t19-/m0/s1. The predicted octanol–water partition coefficient (Wildman–Crippen LogP) is 2.40. The van der Waals surface area contributed by atoms with Gasteiger partial charge in [0.15, 0.2) is 5.60 Å². The largest absolute Gasteiger partial charge is 0.379 e. The topological polar surface area (TPSA) is 65.5 Å². The summed E-state index contributed by atoms with van der Waals surface area (Å²) in [6, 6.07) is 8.16. The van der Waals surface area contributed by atoms with E-state index in [0.29, 0.717) is 26.1 Å². The molecule has 1 fully saturated rings. The van der Waals surface area contributed by atoms with Gasteiger partial charge in [0, 0.05) is 31.6 Å². The number of hydrogen-bond donors (Lipinski definition) is 2. The van der Waals surface area contributed by atoms with Crippen molar-refractivity contribution >= 4 is 17.2 Å². The Bertz CT molecular complexity index is 746. The van der Waals surface area contributed by atoms with E-state index in [9.17, 15) is 9.90 Å². The minimum absolute atomic E-state index is 0.179. The van der Waals surface area contributed by atoms with Crippen LogP contribution in [0.2, 0.25) is 0 Å². The van der Waals surface area contributed by atoms with Crippen LogP contribution in [0.1, 0.15) is 34.7 Å². The van der Waals surface area contributed by atoms with Gasteiger partial charge in [-0.05, 0) is 32.3 Å². The SMILES string of the molecule is Cc1cccc(CN2CCC[C@](O)(CNCc3csc(C)n3)C2=O)c1. The van der Waals surface area contributed by atoms with Gasteiger partial charge in [0.25, 0.3) is 5.91 Å². The van der Waals surface area contributed by atoms with Gasteiger partial charge < -0.3 is 15.3 Å². The Hall–Kier alpha value is -1.76. The Labute approximate surface area is 152 Å². The summed E-state index contributed by atoms with van der Waals surface area (Å²) in [6.07, 6.45) is 1.31. The van der Waals surface area contributed by atoms with Crippen LogP contribution in [0.25, 0.3) is 0 Å². The number of likely N-dealkylation sites (tertiary alicyclic amines) is 1. The number of thiazole rings is 1. The van der Waals surface area contributed by atoms with Crippen molar-refractivity contribution in [1.29, 1.82) is 0 Å². The molecular weight excluding hydrogens is 334 g/mol. The second-order valence-corrected chi connectivity index (χ2v) is 7.87. The molecular formula is C19H25N3O2S. The smallest absolute Gasteiger partial charge is 0.256 e. The van der Waals surface area contributed by atoms with E-state index in [1.54, 1.807) is 16.2 Å². The van der Waals surface area contributed by atoms with E-state index in [4.69, 9.17) is 0 Å². The predicted molar refractivity (Wildman–Crippen MR) is 99.3 cm³/mol. The lowest BCUT2D eigenvalue weighted by Crippen LogP contribution is -2.57. The molecule has 1 amide bonds. The Morgan fingerprint density at radius 1 is 1.40 bits per heavy atom. The number of nitrogens with zero attached hydrogens (tertiary/aromatic N) is 2. The first-order valence-corrected chi connectivity index (χ1v) is 9.53. The molecule has 6 heteroatoms. The van der Waals surface area contributed by atoms with E-state index in [0.717, 1.165) is 22.7 Å². The number of aryl methyl sites for hydroxylation is 2. The number of benzene rings is 1. The average molecular weight is 359 g/mol. The summed E-state index contributed by atoms with van der Waals surface area (Å²) in [5, 5.41) is 17.1. The molecule has 3 rings (SSSR count). The number of carbonyl (C=O) groups is 1. The minimum Gasteiger partial charge on any atom is -0.379 e. The maximum atomic E-state index is 12.8. The molecule has 0 unspecified atom stereocenters. The zero-order valence-corrected chi connectivity index (χ0v) is 15.6. The fraction of sp³-hybridized carbons (Fsp3) is 0.474. The second kappa shape index (κ2) is 7.64. The molecule has 1 aromatic carbocycles. The van der Waals surface area contributed by atoms with Gasteiger partial charge in [-0.2, -0.15) is 0 Å². The average Bonchev–Trinajstić information content (AvgIpc) is 2.98. The van der Waals surface area contributed by atoms with Crippen LogP contribution in [-0.4, -0.2) is 39.6 Å². The molecule has 0 saturated carbocycles. The Balaban J connectivity index is 1.59. The molecule has 0 aliphatic carbocycles. The number of piperidine rings is 1. The van der Waals surface area contributed by atoms with Crippen molar-refractivity contribution in [3.63, 3.8) is 0 Å². The number of carbonyl (C=O) groups excluding carboxylic acids is 1. The van der Waals surface area contributed by atoms with Crippen LogP contribution in [0.3, 0.4) is 0 Å². The van der Waals surface area contributed by atoms with E-state index in [2.05, 4.69) is 16.4 Å². The van der Waals surface area contributed by atoms with Crippen LogP contribution in [-0.2, 0) is 17.9 Å². The van der Waals surface area contributed by atoms with Gasteiger partial charge in [-0.3, -0.25) is 4.79 Å². The molecule has 2 N–H and O–H groups in total. The lowest BCUT2D eigenvalue weighted by Gasteiger charge is -2.38. The highest BCUT2D eigenvalue weighted by molar-refractivity contribution is 7.09. The van der Waals surface area contributed by atoms with E-state index < -0.39 is 5.60 Å². The van der Waals surface area contributed by atoms with Crippen molar-refractivity contribution in [1.82, 2.24) is 15.2 Å². The minimum atomic E-state index is -1.33. The Kier molecular flexibility index (Phi) is 5.51.